The lowest BCUT2D eigenvalue weighted by atomic mass is 10.3. The number of hydrogen-bond donors (Lipinski definition) is 1. The molecule has 2 heteroatoms. The van der Waals surface area contributed by atoms with Crippen LogP contribution in [0.2, 0.25) is 0 Å². The Kier molecular flexibility index (Phi) is 5.26. The summed E-state index contributed by atoms with van der Waals surface area (Å²) >= 11 is 0. The van der Waals surface area contributed by atoms with Crippen LogP contribution in [-0.4, -0.2) is 11.4 Å². The second-order valence-electron chi connectivity index (χ2n) is 2.76. The van der Waals surface area contributed by atoms with Crippen molar-refractivity contribution in [2.45, 2.75) is 33.6 Å². The molecule has 0 rings (SSSR count). The van der Waals surface area contributed by atoms with Crippen molar-refractivity contribution >= 4 is 0 Å². The minimum Gasteiger partial charge on any atom is -0.401 e. The Morgan fingerprint density at radius 2 is 1.92 bits per heavy atom. The first-order chi connectivity index (χ1) is 5.65. The van der Waals surface area contributed by atoms with E-state index in [-0.39, 0.29) is 0 Å². The monoisotopic (exact) mass is 168 g/mol. The van der Waals surface area contributed by atoms with Crippen molar-refractivity contribution in [3.63, 3.8) is 0 Å². The fraction of sp³-hybridized carbons (Fsp3) is 0.600. The molecule has 0 saturated heterocycles. The van der Waals surface area contributed by atoms with Gasteiger partial charge in [-0.15, -0.1) is 0 Å². The molecule has 2 nitrogen and oxygen atoms in total. The first kappa shape index (κ1) is 11.1. The molecule has 0 atom stereocenters. The van der Waals surface area contributed by atoms with Crippen LogP contribution >= 0.6 is 0 Å². The predicted molar refractivity (Wildman–Crippen MR) is 54.4 cm³/mol. The molecule has 0 bridgehead atoms. The fourth-order valence-corrected chi connectivity index (χ4v) is 0.901. The van der Waals surface area contributed by atoms with Crippen LogP contribution < -0.4 is 5.73 Å². The molecule has 0 aromatic heterocycles. The van der Waals surface area contributed by atoms with Crippen LogP contribution in [-0.2, 0) is 0 Å². The third kappa shape index (κ3) is 3.46. The molecule has 0 aliphatic rings. The molecular weight excluding hydrogens is 148 g/mol. The molecular formula is C10H20N2. The summed E-state index contributed by atoms with van der Waals surface area (Å²) in [4.78, 5) is 2.10. The molecule has 2 N–H and O–H groups in total. The first-order valence-electron chi connectivity index (χ1n) is 4.56. The molecule has 0 spiro atoms. The quantitative estimate of drug-likeness (QED) is 0.683. The number of nitrogens with two attached hydrogens (primary N) is 1. The molecule has 0 radical (unpaired) electrons. The van der Waals surface area contributed by atoms with Crippen LogP contribution in [0.3, 0.4) is 0 Å². The molecule has 0 saturated carbocycles. The Hall–Kier alpha value is -0.920. The van der Waals surface area contributed by atoms with E-state index < -0.39 is 0 Å². The van der Waals surface area contributed by atoms with Gasteiger partial charge >= 0.3 is 0 Å². The zero-order valence-corrected chi connectivity index (χ0v) is 8.43. The Morgan fingerprint density at radius 1 is 1.33 bits per heavy atom. The van der Waals surface area contributed by atoms with E-state index in [2.05, 4.69) is 25.3 Å². The third-order valence-electron chi connectivity index (χ3n) is 1.88. The summed E-state index contributed by atoms with van der Waals surface area (Å²) in [6.45, 7) is 11.1. The highest BCUT2D eigenvalue weighted by Crippen LogP contribution is 2.07. The minimum atomic E-state index is 0.896. The lowest BCUT2D eigenvalue weighted by Gasteiger charge is -2.20. The maximum absolute atomic E-state index is 5.72. The van der Waals surface area contributed by atoms with E-state index in [1.165, 1.54) is 0 Å². The number of rotatable bonds is 5. The number of nitrogens with zero attached hydrogens (tertiary/aromatic N) is 1. The zero-order valence-electron chi connectivity index (χ0n) is 8.43. The van der Waals surface area contributed by atoms with Crippen molar-refractivity contribution in [1.82, 2.24) is 4.90 Å². The van der Waals surface area contributed by atoms with Crippen molar-refractivity contribution in [3.8, 4) is 0 Å². The van der Waals surface area contributed by atoms with E-state index >= 15 is 0 Å². The van der Waals surface area contributed by atoms with E-state index in [0.29, 0.717) is 0 Å². The summed E-state index contributed by atoms with van der Waals surface area (Å²) in [7, 11) is 0. The molecule has 70 valence electrons. The highest BCUT2D eigenvalue weighted by Gasteiger charge is 1.99. The van der Waals surface area contributed by atoms with Crippen LogP contribution in [0.1, 0.15) is 33.6 Å². The largest absolute Gasteiger partial charge is 0.401 e. The smallest absolute Gasteiger partial charge is 0.0243 e. The predicted octanol–water partition coefficient (Wildman–Crippen LogP) is 2.44. The van der Waals surface area contributed by atoms with Gasteiger partial charge in [0.25, 0.3) is 0 Å². The molecule has 0 aromatic rings. The summed E-state index contributed by atoms with van der Waals surface area (Å²) in [5.41, 5.74) is 7.75. The van der Waals surface area contributed by atoms with Crippen LogP contribution in [0.5, 0.6) is 0 Å². The normalized spacial score (nSPS) is 11.4. The lowest BCUT2D eigenvalue weighted by molar-refractivity contribution is 0.472. The summed E-state index contributed by atoms with van der Waals surface area (Å²) < 4.78 is 0. The fourth-order valence-electron chi connectivity index (χ4n) is 0.901. The molecule has 0 fully saturated rings. The average Bonchev–Trinajstić information content (AvgIpc) is 2.12. The van der Waals surface area contributed by atoms with Crippen LogP contribution in [0, 0.1) is 0 Å². The van der Waals surface area contributed by atoms with E-state index in [9.17, 15) is 0 Å². The van der Waals surface area contributed by atoms with Gasteiger partial charge in [-0.3, -0.25) is 0 Å². The van der Waals surface area contributed by atoms with Crippen molar-refractivity contribution in [2.24, 2.45) is 5.73 Å². The summed E-state index contributed by atoms with van der Waals surface area (Å²) in [6.07, 6.45) is 3.85. The molecule has 0 aliphatic carbocycles. The van der Waals surface area contributed by atoms with Gasteiger partial charge < -0.3 is 10.6 Å². The van der Waals surface area contributed by atoms with Gasteiger partial charge in [-0.1, -0.05) is 20.4 Å². The van der Waals surface area contributed by atoms with E-state index in [0.717, 1.165) is 30.8 Å². The average molecular weight is 168 g/mol. The number of hydrogen-bond acceptors (Lipinski definition) is 2. The Morgan fingerprint density at radius 3 is 2.25 bits per heavy atom. The van der Waals surface area contributed by atoms with Gasteiger partial charge in [-0.25, -0.2) is 0 Å². The second-order valence-corrected chi connectivity index (χ2v) is 2.76. The standard InChI is InChI=1S/C10H20N2/c1-5-9(4)12(7-3)8-10(11)6-2/h8H,4-7,11H2,1-3H3/b10-8-. The van der Waals surface area contributed by atoms with Gasteiger partial charge in [0.1, 0.15) is 0 Å². The van der Waals surface area contributed by atoms with Gasteiger partial charge in [0, 0.05) is 24.1 Å². The van der Waals surface area contributed by atoms with Crippen LogP contribution in [0.4, 0.5) is 0 Å². The molecule has 12 heavy (non-hydrogen) atoms. The van der Waals surface area contributed by atoms with E-state index in [1.807, 2.05) is 13.1 Å². The SMILES string of the molecule is C=C(CC)N(/C=C(\N)CC)CC. The topological polar surface area (TPSA) is 29.3 Å². The van der Waals surface area contributed by atoms with Crippen LogP contribution in [0.15, 0.2) is 24.2 Å². The molecule has 0 unspecified atom stereocenters. The van der Waals surface area contributed by atoms with E-state index in [4.69, 9.17) is 5.73 Å². The van der Waals surface area contributed by atoms with E-state index in [1.54, 1.807) is 0 Å². The first-order valence-corrected chi connectivity index (χ1v) is 4.56. The highest BCUT2D eigenvalue weighted by atomic mass is 15.1. The number of allylic oxidation sites excluding steroid dienone is 2. The molecule has 0 aromatic carbocycles. The molecule has 0 aliphatic heterocycles. The Bertz CT molecular complexity index is 171. The maximum atomic E-state index is 5.72. The van der Waals surface area contributed by atoms with Crippen molar-refractivity contribution in [3.05, 3.63) is 24.2 Å². The lowest BCUT2D eigenvalue weighted by Crippen LogP contribution is -2.17. The Labute approximate surface area is 75.7 Å². The summed E-state index contributed by atoms with van der Waals surface area (Å²) in [6, 6.07) is 0. The summed E-state index contributed by atoms with van der Waals surface area (Å²) in [5.74, 6) is 0. The van der Waals surface area contributed by atoms with Crippen molar-refractivity contribution in [1.29, 1.82) is 0 Å². The van der Waals surface area contributed by atoms with Crippen LogP contribution in [0.25, 0.3) is 0 Å². The molecule has 0 amide bonds. The van der Waals surface area contributed by atoms with Gasteiger partial charge in [0.2, 0.25) is 0 Å². The second kappa shape index (κ2) is 5.70. The van der Waals surface area contributed by atoms with Gasteiger partial charge in [0.15, 0.2) is 0 Å². The van der Waals surface area contributed by atoms with Crippen molar-refractivity contribution < 1.29 is 0 Å². The van der Waals surface area contributed by atoms with Gasteiger partial charge in [-0.2, -0.15) is 0 Å². The molecule has 0 heterocycles. The zero-order chi connectivity index (χ0) is 9.56. The maximum Gasteiger partial charge on any atom is 0.0243 e. The third-order valence-corrected chi connectivity index (χ3v) is 1.88. The minimum absolute atomic E-state index is 0.896. The van der Waals surface area contributed by atoms with Gasteiger partial charge in [0.05, 0.1) is 0 Å². The van der Waals surface area contributed by atoms with Crippen molar-refractivity contribution in [2.75, 3.05) is 6.54 Å². The summed E-state index contributed by atoms with van der Waals surface area (Å²) in [5, 5.41) is 0. The Balaban J connectivity index is 4.26. The van der Waals surface area contributed by atoms with Gasteiger partial charge in [-0.05, 0) is 19.8 Å². The highest BCUT2D eigenvalue weighted by molar-refractivity contribution is 5.04.